The van der Waals surface area contributed by atoms with Crippen LogP contribution in [0.5, 0.6) is 0 Å². The highest BCUT2D eigenvalue weighted by atomic mass is 16.3. The number of hydrogen-bond acceptors (Lipinski definition) is 4. The molecule has 0 spiro atoms. The molecule has 294 valence electrons. The first-order valence-corrected chi connectivity index (χ1v) is 21.2. The van der Waals surface area contributed by atoms with Crippen molar-refractivity contribution in [3.63, 3.8) is 0 Å². The molecule has 12 rings (SSSR count). The largest absolute Gasteiger partial charge is 0.456 e. The van der Waals surface area contributed by atoms with Crippen LogP contribution in [-0.4, -0.2) is 15.0 Å². The Kier molecular flexibility index (Phi) is 8.79. The van der Waals surface area contributed by atoms with Gasteiger partial charge in [0.05, 0.1) is 0 Å². The Hall–Kier alpha value is -8.47. The molecule has 10 aromatic carbocycles. The highest BCUT2D eigenvalue weighted by molar-refractivity contribution is 6.13. The van der Waals surface area contributed by atoms with Gasteiger partial charge in [-0.25, -0.2) is 15.0 Å². The van der Waals surface area contributed by atoms with E-state index in [1.54, 1.807) is 0 Å². The molecule has 0 aliphatic carbocycles. The summed E-state index contributed by atoms with van der Waals surface area (Å²) >= 11 is 0. The van der Waals surface area contributed by atoms with E-state index in [0.29, 0.717) is 17.5 Å². The Labute approximate surface area is 364 Å². The third-order valence-electron chi connectivity index (χ3n) is 12.1. The van der Waals surface area contributed by atoms with Gasteiger partial charge in [0, 0.05) is 27.5 Å². The van der Waals surface area contributed by atoms with Crippen molar-refractivity contribution in [2.24, 2.45) is 0 Å². The molecular formula is C59H37N3O. The molecule has 0 unspecified atom stereocenters. The van der Waals surface area contributed by atoms with Crippen molar-refractivity contribution in [2.75, 3.05) is 0 Å². The number of rotatable bonds is 7. The van der Waals surface area contributed by atoms with Gasteiger partial charge < -0.3 is 4.42 Å². The maximum atomic E-state index is 6.52. The third kappa shape index (κ3) is 6.80. The van der Waals surface area contributed by atoms with Crippen molar-refractivity contribution in [1.29, 1.82) is 0 Å². The van der Waals surface area contributed by atoms with Crippen LogP contribution in [0.15, 0.2) is 229 Å². The van der Waals surface area contributed by atoms with E-state index in [1.165, 1.54) is 32.8 Å². The van der Waals surface area contributed by atoms with Gasteiger partial charge in [-0.3, -0.25) is 0 Å². The number of benzene rings is 10. The minimum absolute atomic E-state index is 0.611. The Bertz CT molecular complexity index is 3650. The number of fused-ring (bicyclic) bond motifs is 5. The second-order valence-electron chi connectivity index (χ2n) is 16.0. The molecule has 2 heterocycles. The second kappa shape index (κ2) is 15.2. The highest BCUT2D eigenvalue weighted by Crippen LogP contribution is 2.41. The number of para-hydroxylation sites is 1. The fraction of sp³-hybridized carbons (Fsp3) is 0. The standard InChI is InChI=1S/C59H37N3O/c1-2-10-38(11-3-1)41-18-20-43(21-19-41)51-36-53(56-52-16-8-9-17-54(52)63-55(56)37-51)44-26-30-46(31-27-44)58-60-57(61-59(62-58)50-33-25-40-13-5-7-15-48(40)35-50)45-28-22-42(23-29-45)49-32-24-39-12-4-6-14-47(39)34-49/h1-37H. The normalized spacial score (nSPS) is 11.5. The summed E-state index contributed by atoms with van der Waals surface area (Å²) in [6.07, 6.45) is 0. The van der Waals surface area contributed by atoms with Crippen molar-refractivity contribution in [2.45, 2.75) is 0 Å². The zero-order valence-electron chi connectivity index (χ0n) is 34.1. The van der Waals surface area contributed by atoms with Crippen molar-refractivity contribution >= 4 is 43.5 Å². The Morgan fingerprint density at radius 3 is 1.32 bits per heavy atom. The van der Waals surface area contributed by atoms with Crippen molar-refractivity contribution in [3.8, 4) is 78.7 Å². The van der Waals surface area contributed by atoms with E-state index in [9.17, 15) is 0 Å². The molecule has 0 atom stereocenters. The SMILES string of the molecule is c1ccc(-c2ccc(-c3cc(-c4ccc(-c5nc(-c6ccc(-c7ccc8ccccc8c7)cc6)nc(-c6ccc7ccccc7c6)n5)cc4)c4c(c3)oc3ccccc34)cc2)cc1. The first-order valence-electron chi connectivity index (χ1n) is 21.2. The van der Waals surface area contributed by atoms with Crippen molar-refractivity contribution < 1.29 is 4.42 Å². The Balaban J connectivity index is 0.948. The number of furan rings is 1. The van der Waals surface area contributed by atoms with Gasteiger partial charge in [-0.05, 0) is 96.4 Å². The molecule has 4 heteroatoms. The quantitative estimate of drug-likeness (QED) is 0.161. The molecule has 0 bridgehead atoms. The van der Waals surface area contributed by atoms with Crippen LogP contribution in [0.3, 0.4) is 0 Å². The van der Waals surface area contributed by atoms with Crippen molar-refractivity contribution in [1.82, 2.24) is 15.0 Å². The maximum Gasteiger partial charge on any atom is 0.164 e. The minimum atomic E-state index is 0.611. The van der Waals surface area contributed by atoms with E-state index in [0.717, 1.165) is 71.8 Å². The average Bonchev–Trinajstić information content (AvgIpc) is 3.75. The summed E-state index contributed by atoms with van der Waals surface area (Å²) in [7, 11) is 0. The van der Waals surface area contributed by atoms with Crippen LogP contribution < -0.4 is 0 Å². The van der Waals surface area contributed by atoms with Gasteiger partial charge in [-0.2, -0.15) is 0 Å². The number of aromatic nitrogens is 3. The molecule has 0 fully saturated rings. The summed E-state index contributed by atoms with van der Waals surface area (Å²) < 4.78 is 6.52. The molecule has 0 saturated heterocycles. The second-order valence-corrected chi connectivity index (χ2v) is 16.0. The van der Waals surface area contributed by atoms with Crippen LogP contribution >= 0.6 is 0 Å². The fourth-order valence-corrected chi connectivity index (χ4v) is 8.81. The smallest absolute Gasteiger partial charge is 0.164 e. The molecule has 63 heavy (non-hydrogen) atoms. The van der Waals surface area contributed by atoms with Gasteiger partial charge in [0.15, 0.2) is 17.5 Å². The molecule has 0 aliphatic heterocycles. The summed E-state index contributed by atoms with van der Waals surface area (Å²) in [5, 5.41) is 6.93. The van der Waals surface area contributed by atoms with Gasteiger partial charge in [0.2, 0.25) is 0 Å². The van der Waals surface area contributed by atoms with E-state index in [2.05, 4.69) is 206 Å². The molecule has 0 saturated carbocycles. The summed E-state index contributed by atoms with van der Waals surface area (Å²) in [6, 6.07) is 78.9. The molecule has 0 aliphatic rings. The minimum Gasteiger partial charge on any atom is -0.456 e. The van der Waals surface area contributed by atoms with Gasteiger partial charge in [0.1, 0.15) is 11.2 Å². The molecule has 2 aromatic heterocycles. The van der Waals surface area contributed by atoms with Crippen molar-refractivity contribution in [3.05, 3.63) is 224 Å². The van der Waals surface area contributed by atoms with Gasteiger partial charge in [-0.1, -0.05) is 194 Å². The molecular weight excluding hydrogens is 767 g/mol. The monoisotopic (exact) mass is 803 g/mol. The third-order valence-corrected chi connectivity index (χ3v) is 12.1. The summed E-state index contributed by atoms with van der Waals surface area (Å²) in [6.45, 7) is 0. The summed E-state index contributed by atoms with van der Waals surface area (Å²) in [5.74, 6) is 1.86. The Morgan fingerprint density at radius 1 is 0.254 bits per heavy atom. The Morgan fingerprint density at radius 2 is 0.683 bits per heavy atom. The topological polar surface area (TPSA) is 51.8 Å². The highest BCUT2D eigenvalue weighted by Gasteiger charge is 2.18. The number of nitrogens with zero attached hydrogens (tertiary/aromatic N) is 3. The van der Waals surface area contributed by atoms with Gasteiger partial charge >= 0.3 is 0 Å². The predicted octanol–water partition coefficient (Wildman–Crippen LogP) is 15.7. The van der Waals surface area contributed by atoms with E-state index >= 15 is 0 Å². The van der Waals surface area contributed by atoms with Crippen LogP contribution in [-0.2, 0) is 0 Å². The van der Waals surface area contributed by atoms with E-state index in [4.69, 9.17) is 19.4 Å². The van der Waals surface area contributed by atoms with E-state index in [-0.39, 0.29) is 0 Å². The van der Waals surface area contributed by atoms with E-state index < -0.39 is 0 Å². The lowest BCUT2D eigenvalue weighted by Gasteiger charge is -2.12. The number of hydrogen-bond donors (Lipinski definition) is 0. The average molecular weight is 804 g/mol. The molecule has 4 nitrogen and oxygen atoms in total. The van der Waals surface area contributed by atoms with Crippen LogP contribution in [0.1, 0.15) is 0 Å². The first kappa shape index (κ1) is 36.4. The maximum absolute atomic E-state index is 6.52. The van der Waals surface area contributed by atoms with Crippen LogP contribution in [0.25, 0.3) is 122 Å². The summed E-state index contributed by atoms with van der Waals surface area (Å²) in [5.41, 5.74) is 13.6. The first-order chi connectivity index (χ1) is 31.2. The fourth-order valence-electron chi connectivity index (χ4n) is 8.81. The summed E-state index contributed by atoms with van der Waals surface area (Å²) in [4.78, 5) is 15.4. The lowest BCUT2D eigenvalue weighted by atomic mass is 9.93. The molecule has 12 aromatic rings. The van der Waals surface area contributed by atoms with Gasteiger partial charge in [-0.15, -0.1) is 0 Å². The predicted molar refractivity (Wildman–Crippen MR) is 260 cm³/mol. The van der Waals surface area contributed by atoms with E-state index in [1.807, 2.05) is 18.2 Å². The molecule has 0 radical (unpaired) electrons. The zero-order valence-corrected chi connectivity index (χ0v) is 34.1. The van der Waals surface area contributed by atoms with Crippen LogP contribution in [0.4, 0.5) is 0 Å². The zero-order chi connectivity index (χ0) is 41.7. The van der Waals surface area contributed by atoms with Gasteiger partial charge in [0.25, 0.3) is 0 Å². The van der Waals surface area contributed by atoms with Crippen LogP contribution in [0.2, 0.25) is 0 Å². The molecule has 0 amide bonds. The lowest BCUT2D eigenvalue weighted by Crippen LogP contribution is -2.00. The van der Waals surface area contributed by atoms with Crippen LogP contribution in [0, 0.1) is 0 Å². The molecule has 0 N–H and O–H groups in total. The lowest BCUT2D eigenvalue weighted by molar-refractivity contribution is 0.669.